The molecular weight excluding hydrogens is 358 g/mol. The lowest BCUT2D eigenvalue weighted by Gasteiger charge is -2.22. The van der Waals surface area contributed by atoms with Gasteiger partial charge < -0.3 is 19.9 Å². The number of aliphatic carboxylic acids is 1. The summed E-state index contributed by atoms with van der Waals surface area (Å²) in [6.07, 6.45) is 0.656. The van der Waals surface area contributed by atoms with E-state index in [2.05, 4.69) is 26.1 Å². The molecular formula is C22H27NO5. The van der Waals surface area contributed by atoms with Crippen LogP contribution in [0.4, 0.5) is 0 Å². The van der Waals surface area contributed by atoms with Crippen molar-refractivity contribution in [2.45, 2.75) is 32.6 Å². The van der Waals surface area contributed by atoms with Gasteiger partial charge in [0.15, 0.2) is 13.2 Å². The minimum Gasteiger partial charge on any atom is -0.483 e. The predicted octanol–water partition coefficient (Wildman–Crippen LogP) is 3.19. The molecule has 6 nitrogen and oxygen atoms in total. The summed E-state index contributed by atoms with van der Waals surface area (Å²) in [5.74, 6) is 0.0347. The fraction of sp³-hybridized carbons (Fsp3) is 0.364. The normalized spacial score (nSPS) is 11.0. The quantitative estimate of drug-likeness (QED) is 0.692. The van der Waals surface area contributed by atoms with Crippen molar-refractivity contribution in [3.8, 4) is 11.5 Å². The topological polar surface area (TPSA) is 84.9 Å². The lowest BCUT2D eigenvalue weighted by atomic mass is 9.86. The number of carboxylic acids is 1. The highest BCUT2D eigenvalue weighted by molar-refractivity contribution is 5.77. The van der Waals surface area contributed by atoms with E-state index in [1.807, 2.05) is 36.4 Å². The van der Waals surface area contributed by atoms with Gasteiger partial charge in [0.1, 0.15) is 11.5 Å². The van der Waals surface area contributed by atoms with E-state index in [-0.39, 0.29) is 24.5 Å². The summed E-state index contributed by atoms with van der Waals surface area (Å²) in [5.41, 5.74) is 2.02. The van der Waals surface area contributed by atoms with Crippen molar-refractivity contribution in [3.05, 3.63) is 59.7 Å². The zero-order valence-corrected chi connectivity index (χ0v) is 16.5. The molecule has 1 amide bonds. The van der Waals surface area contributed by atoms with Gasteiger partial charge in [0.25, 0.3) is 5.91 Å². The number of ether oxygens (including phenoxy) is 2. The summed E-state index contributed by atoms with van der Waals surface area (Å²) in [5, 5.41) is 11.4. The van der Waals surface area contributed by atoms with Crippen LogP contribution in [-0.2, 0) is 21.4 Å². The Morgan fingerprint density at radius 2 is 1.64 bits per heavy atom. The molecule has 28 heavy (non-hydrogen) atoms. The molecule has 6 heteroatoms. The second kappa shape index (κ2) is 9.78. The highest BCUT2D eigenvalue weighted by Gasteiger charge is 2.18. The molecule has 0 aromatic heterocycles. The Balaban J connectivity index is 1.76. The maximum absolute atomic E-state index is 12.1. The number of carbonyl (C=O) groups is 2. The van der Waals surface area contributed by atoms with E-state index >= 15 is 0 Å². The zero-order chi connectivity index (χ0) is 20.6. The third-order valence-electron chi connectivity index (χ3n) is 4.08. The van der Waals surface area contributed by atoms with Gasteiger partial charge in [-0.25, -0.2) is 4.79 Å². The van der Waals surface area contributed by atoms with Crippen molar-refractivity contribution in [1.82, 2.24) is 5.32 Å². The van der Waals surface area contributed by atoms with E-state index in [4.69, 9.17) is 14.6 Å². The standard InChI is InChI=1S/C22H27NO5/c1-22(2,3)18-6-4-5-7-19(18)28-14-20(24)23-13-12-16-8-10-17(11-9-16)27-15-21(25)26/h4-11H,12-15H2,1-3H3,(H,23,24)(H,25,26). The molecule has 0 aliphatic rings. The van der Waals surface area contributed by atoms with Crippen molar-refractivity contribution in [2.24, 2.45) is 0 Å². The third kappa shape index (κ3) is 6.95. The molecule has 0 saturated heterocycles. The van der Waals surface area contributed by atoms with Crippen LogP contribution in [-0.4, -0.2) is 36.7 Å². The molecule has 0 bridgehead atoms. The first-order chi connectivity index (χ1) is 13.3. The van der Waals surface area contributed by atoms with Crippen LogP contribution in [0.3, 0.4) is 0 Å². The minimum atomic E-state index is -1.01. The lowest BCUT2D eigenvalue weighted by molar-refractivity contribution is -0.139. The second-order valence-corrected chi connectivity index (χ2v) is 7.46. The second-order valence-electron chi connectivity index (χ2n) is 7.46. The molecule has 0 fully saturated rings. The Bertz CT molecular complexity index is 793. The third-order valence-corrected chi connectivity index (χ3v) is 4.08. The smallest absolute Gasteiger partial charge is 0.341 e. The van der Waals surface area contributed by atoms with Crippen LogP contribution in [0.5, 0.6) is 11.5 Å². The maximum atomic E-state index is 12.1. The summed E-state index contributed by atoms with van der Waals surface area (Å²) in [7, 11) is 0. The van der Waals surface area contributed by atoms with Crippen molar-refractivity contribution >= 4 is 11.9 Å². The van der Waals surface area contributed by atoms with Crippen molar-refractivity contribution < 1.29 is 24.2 Å². The molecule has 0 heterocycles. The van der Waals surface area contributed by atoms with Gasteiger partial charge >= 0.3 is 5.97 Å². The van der Waals surface area contributed by atoms with Crippen LogP contribution >= 0.6 is 0 Å². The number of para-hydroxylation sites is 1. The number of nitrogens with one attached hydrogen (secondary N) is 1. The molecule has 150 valence electrons. The van der Waals surface area contributed by atoms with Gasteiger partial charge in [0, 0.05) is 6.54 Å². The Hall–Kier alpha value is -3.02. The fourth-order valence-corrected chi connectivity index (χ4v) is 2.65. The zero-order valence-electron chi connectivity index (χ0n) is 16.5. The van der Waals surface area contributed by atoms with Crippen molar-refractivity contribution in [3.63, 3.8) is 0 Å². The summed E-state index contributed by atoms with van der Waals surface area (Å²) < 4.78 is 10.8. The maximum Gasteiger partial charge on any atom is 0.341 e. The molecule has 2 aromatic carbocycles. The molecule has 0 atom stereocenters. The van der Waals surface area contributed by atoms with Crippen LogP contribution in [0.15, 0.2) is 48.5 Å². The molecule has 0 spiro atoms. The van der Waals surface area contributed by atoms with Crippen LogP contribution in [0.25, 0.3) is 0 Å². The van der Waals surface area contributed by atoms with Gasteiger partial charge in [0.2, 0.25) is 0 Å². The number of carbonyl (C=O) groups excluding carboxylic acids is 1. The molecule has 0 radical (unpaired) electrons. The van der Waals surface area contributed by atoms with E-state index in [1.54, 1.807) is 12.1 Å². The predicted molar refractivity (Wildman–Crippen MR) is 107 cm³/mol. The number of benzene rings is 2. The molecule has 2 aromatic rings. The number of hydrogen-bond donors (Lipinski definition) is 2. The van der Waals surface area contributed by atoms with Crippen LogP contribution < -0.4 is 14.8 Å². The minimum absolute atomic E-state index is 0.0327. The van der Waals surface area contributed by atoms with E-state index in [9.17, 15) is 9.59 Å². The van der Waals surface area contributed by atoms with E-state index in [0.29, 0.717) is 18.7 Å². The first kappa shape index (κ1) is 21.3. The number of carboxylic acid groups (broad SMARTS) is 1. The lowest BCUT2D eigenvalue weighted by Crippen LogP contribution is -2.31. The Morgan fingerprint density at radius 1 is 0.964 bits per heavy atom. The van der Waals surface area contributed by atoms with E-state index in [1.165, 1.54) is 0 Å². The van der Waals surface area contributed by atoms with Crippen molar-refractivity contribution in [1.29, 1.82) is 0 Å². The number of amides is 1. The van der Waals surface area contributed by atoms with Crippen LogP contribution in [0.1, 0.15) is 31.9 Å². The van der Waals surface area contributed by atoms with Gasteiger partial charge in [-0.3, -0.25) is 4.79 Å². The Kier molecular flexibility index (Phi) is 7.44. The molecule has 0 aliphatic carbocycles. The van der Waals surface area contributed by atoms with Gasteiger partial charge in [-0.1, -0.05) is 51.1 Å². The number of hydrogen-bond acceptors (Lipinski definition) is 4. The summed E-state index contributed by atoms with van der Waals surface area (Å²) in [6, 6.07) is 14.9. The van der Waals surface area contributed by atoms with Crippen molar-refractivity contribution in [2.75, 3.05) is 19.8 Å². The monoisotopic (exact) mass is 385 g/mol. The Labute approximate surface area is 165 Å². The summed E-state index contributed by atoms with van der Waals surface area (Å²) >= 11 is 0. The molecule has 0 aliphatic heterocycles. The summed E-state index contributed by atoms with van der Waals surface area (Å²) in [4.78, 5) is 22.5. The van der Waals surface area contributed by atoms with Gasteiger partial charge in [-0.05, 0) is 41.2 Å². The molecule has 2 N–H and O–H groups in total. The van der Waals surface area contributed by atoms with Gasteiger partial charge in [-0.2, -0.15) is 0 Å². The molecule has 0 saturated carbocycles. The molecule has 0 unspecified atom stereocenters. The average molecular weight is 385 g/mol. The first-order valence-electron chi connectivity index (χ1n) is 9.18. The highest BCUT2D eigenvalue weighted by Crippen LogP contribution is 2.30. The average Bonchev–Trinajstić information content (AvgIpc) is 2.65. The van der Waals surface area contributed by atoms with Gasteiger partial charge in [-0.15, -0.1) is 0 Å². The summed E-state index contributed by atoms with van der Waals surface area (Å²) in [6.45, 7) is 6.40. The molecule has 2 rings (SSSR count). The SMILES string of the molecule is CC(C)(C)c1ccccc1OCC(=O)NCCc1ccc(OCC(=O)O)cc1. The van der Waals surface area contributed by atoms with Gasteiger partial charge in [0.05, 0.1) is 0 Å². The fourth-order valence-electron chi connectivity index (χ4n) is 2.65. The largest absolute Gasteiger partial charge is 0.483 e. The van der Waals surface area contributed by atoms with E-state index in [0.717, 1.165) is 16.9 Å². The highest BCUT2D eigenvalue weighted by atomic mass is 16.5. The van der Waals surface area contributed by atoms with Crippen LogP contribution in [0.2, 0.25) is 0 Å². The number of rotatable bonds is 9. The Morgan fingerprint density at radius 3 is 2.29 bits per heavy atom. The van der Waals surface area contributed by atoms with Crippen LogP contribution in [0, 0.1) is 0 Å². The van der Waals surface area contributed by atoms with E-state index < -0.39 is 5.97 Å². The first-order valence-corrected chi connectivity index (χ1v) is 9.18.